The number of hydrogen-bond acceptors (Lipinski definition) is 2. The van der Waals surface area contributed by atoms with Crippen molar-refractivity contribution < 1.29 is 66.9 Å². The van der Waals surface area contributed by atoms with E-state index < -0.39 is 53.4 Å². The SMILES string of the molecule is CC(C)COc1cccc(C(C)(O)CC(F)(F)C(F)(F)C(F)(F)C(F)(F)C(F)(F)C(F)(F)F)c1. The molecule has 1 aromatic carbocycles. The molecular weight excluding hydrogens is 507 g/mol. The smallest absolute Gasteiger partial charge is 0.460 e. The molecule has 0 radical (unpaired) electrons. The van der Waals surface area contributed by atoms with E-state index in [1.807, 2.05) is 0 Å². The van der Waals surface area contributed by atoms with Crippen LogP contribution in [0.1, 0.15) is 32.8 Å². The lowest BCUT2D eigenvalue weighted by atomic mass is 9.84. The van der Waals surface area contributed by atoms with Crippen molar-refractivity contribution in [1.82, 2.24) is 0 Å². The summed E-state index contributed by atoms with van der Waals surface area (Å²) in [5.41, 5.74) is -3.83. The Bertz CT molecular complexity index is 845. The standard InChI is InChI=1S/C19H19F13O2/c1-10(2)8-34-12-6-4-5-11(7-12)13(3,33)9-14(20,21)15(22,23)16(24,25)17(26,27)18(28,29)19(30,31)32/h4-7,10,33H,8-9H2,1-3H3. The first kappa shape index (κ1) is 30.1. The Hall–Kier alpha value is -1.93. The highest BCUT2D eigenvalue weighted by molar-refractivity contribution is 5.32. The largest absolute Gasteiger partial charge is 0.493 e. The minimum atomic E-state index is -7.98. The lowest BCUT2D eigenvalue weighted by Crippen LogP contribution is -2.70. The van der Waals surface area contributed by atoms with Crippen LogP contribution in [-0.2, 0) is 5.60 Å². The molecule has 0 aliphatic heterocycles. The van der Waals surface area contributed by atoms with Crippen LogP contribution in [0.3, 0.4) is 0 Å². The van der Waals surface area contributed by atoms with E-state index in [0.717, 1.165) is 18.2 Å². The molecule has 0 aliphatic carbocycles. The summed E-state index contributed by atoms with van der Waals surface area (Å²) in [5.74, 6) is -37.7. The zero-order valence-electron chi connectivity index (χ0n) is 17.6. The molecule has 1 atom stereocenters. The van der Waals surface area contributed by atoms with Crippen molar-refractivity contribution in [2.75, 3.05) is 6.61 Å². The van der Waals surface area contributed by atoms with Gasteiger partial charge in [0, 0.05) is 0 Å². The predicted octanol–water partition coefficient (Wildman–Crippen LogP) is 7.06. The molecule has 1 N–H and O–H groups in total. The van der Waals surface area contributed by atoms with Gasteiger partial charge in [-0.1, -0.05) is 26.0 Å². The minimum Gasteiger partial charge on any atom is -0.493 e. The summed E-state index contributed by atoms with van der Waals surface area (Å²) in [5, 5.41) is 10.2. The van der Waals surface area contributed by atoms with E-state index in [1.165, 1.54) is 6.07 Å². The summed E-state index contributed by atoms with van der Waals surface area (Å²) in [6, 6.07) is 3.99. The first-order valence-corrected chi connectivity index (χ1v) is 9.26. The summed E-state index contributed by atoms with van der Waals surface area (Å²) in [7, 11) is 0. The van der Waals surface area contributed by atoms with Crippen LogP contribution < -0.4 is 4.74 Å². The monoisotopic (exact) mass is 526 g/mol. The molecule has 1 rings (SSSR count). The molecule has 0 saturated heterocycles. The number of aliphatic hydroxyl groups is 1. The Morgan fingerprint density at radius 3 is 1.68 bits per heavy atom. The lowest BCUT2D eigenvalue weighted by Gasteiger charge is -2.41. The van der Waals surface area contributed by atoms with Gasteiger partial charge >= 0.3 is 35.8 Å². The predicted molar refractivity (Wildman–Crippen MR) is 91.8 cm³/mol. The number of rotatable bonds is 10. The summed E-state index contributed by atoms with van der Waals surface area (Å²) < 4.78 is 178. The van der Waals surface area contributed by atoms with E-state index in [-0.39, 0.29) is 18.3 Å². The van der Waals surface area contributed by atoms with Gasteiger partial charge in [-0.05, 0) is 30.5 Å². The van der Waals surface area contributed by atoms with Gasteiger partial charge in [-0.25, -0.2) is 0 Å². The molecule has 15 heteroatoms. The summed E-state index contributed by atoms with van der Waals surface area (Å²) in [6.07, 6.45) is -10.2. The molecule has 34 heavy (non-hydrogen) atoms. The molecule has 0 saturated carbocycles. The van der Waals surface area contributed by atoms with E-state index in [2.05, 4.69) is 0 Å². The van der Waals surface area contributed by atoms with Crippen LogP contribution in [0.4, 0.5) is 57.1 Å². The van der Waals surface area contributed by atoms with Gasteiger partial charge in [-0.2, -0.15) is 57.1 Å². The van der Waals surface area contributed by atoms with Gasteiger partial charge < -0.3 is 9.84 Å². The summed E-state index contributed by atoms with van der Waals surface area (Å²) in [4.78, 5) is 0. The van der Waals surface area contributed by atoms with Crippen molar-refractivity contribution in [3.05, 3.63) is 29.8 Å². The van der Waals surface area contributed by atoms with Crippen LogP contribution in [0.2, 0.25) is 0 Å². The van der Waals surface area contributed by atoms with Crippen molar-refractivity contribution in [3.63, 3.8) is 0 Å². The van der Waals surface area contributed by atoms with Crippen LogP contribution in [-0.4, -0.2) is 47.5 Å². The second kappa shape index (κ2) is 8.94. The zero-order valence-corrected chi connectivity index (χ0v) is 17.6. The fourth-order valence-electron chi connectivity index (χ4n) is 2.63. The van der Waals surface area contributed by atoms with E-state index in [9.17, 15) is 62.2 Å². The second-order valence-electron chi connectivity index (χ2n) is 8.18. The molecule has 0 aliphatic rings. The van der Waals surface area contributed by atoms with E-state index in [0.29, 0.717) is 6.92 Å². The Balaban J connectivity index is 3.38. The quantitative estimate of drug-likeness (QED) is 0.331. The summed E-state index contributed by atoms with van der Waals surface area (Å²) >= 11 is 0. The third-order valence-electron chi connectivity index (χ3n) is 4.60. The van der Waals surface area contributed by atoms with E-state index in [1.54, 1.807) is 13.8 Å². The molecule has 1 unspecified atom stereocenters. The van der Waals surface area contributed by atoms with E-state index in [4.69, 9.17) is 4.74 Å². The summed E-state index contributed by atoms with van der Waals surface area (Å²) in [6.45, 7) is 3.87. The fraction of sp³-hybridized carbons (Fsp3) is 0.684. The average molecular weight is 526 g/mol. The number of ether oxygens (including phenoxy) is 1. The van der Waals surface area contributed by atoms with Crippen molar-refractivity contribution >= 4 is 0 Å². The van der Waals surface area contributed by atoms with Gasteiger partial charge in [0.05, 0.1) is 18.6 Å². The van der Waals surface area contributed by atoms with Crippen LogP contribution in [0.15, 0.2) is 24.3 Å². The molecule has 0 aromatic heterocycles. The molecule has 0 spiro atoms. The maximum atomic E-state index is 14.2. The lowest BCUT2D eigenvalue weighted by molar-refractivity contribution is -0.441. The molecule has 0 fully saturated rings. The van der Waals surface area contributed by atoms with Crippen LogP contribution >= 0.6 is 0 Å². The third kappa shape index (κ3) is 5.18. The first-order chi connectivity index (χ1) is 14.8. The Morgan fingerprint density at radius 2 is 1.24 bits per heavy atom. The van der Waals surface area contributed by atoms with Crippen molar-refractivity contribution in [1.29, 1.82) is 0 Å². The van der Waals surface area contributed by atoms with Gasteiger partial charge in [-0.3, -0.25) is 0 Å². The highest BCUT2D eigenvalue weighted by Gasteiger charge is 2.90. The Labute approximate surface area is 184 Å². The fourth-order valence-corrected chi connectivity index (χ4v) is 2.63. The normalized spacial score (nSPS) is 16.5. The van der Waals surface area contributed by atoms with Crippen LogP contribution in [0.25, 0.3) is 0 Å². The molecular formula is C19H19F13O2. The highest BCUT2D eigenvalue weighted by Crippen LogP contribution is 2.61. The zero-order chi connectivity index (χ0) is 27.2. The first-order valence-electron chi connectivity index (χ1n) is 9.26. The molecule has 0 amide bonds. The number of halogens is 13. The maximum absolute atomic E-state index is 14.2. The number of benzene rings is 1. The van der Waals surface area contributed by atoms with Crippen molar-refractivity contribution in [2.45, 2.75) is 68.6 Å². The number of hydrogen-bond donors (Lipinski definition) is 1. The maximum Gasteiger partial charge on any atom is 0.460 e. The Kier molecular flexibility index (Phi) is 7.91. The van der Waals surface area contributed by atoms with Crippen LogP contribution in [0, 0.1) is 5.92 Å². The van der Waals surface area contributed by atoms with Crippen molar-refractivity contribution in [3.8, 4) is 5.75 Å². The van der Waals surface area contributed by atoms with Gasteiger partial charge in [0.2, 0.25) is 0 Å². The van der Waals surface area contributed by atoms with Crippen molar-refractivity contribution in [2.24, 2.45) is 5.92 Å². The third-order valence-corrected chi connectivity index (χ3v) is 4.60. The molecule has 198 valence electrons. The molecule has 2 nitrogen and oxygen atoms in total. The minimum absolute atomic E-state index is 0.0501. The number of alkyl halides is 13. The second-order valence-corrected chi connectivity index (χ2v) is 8.18. The molecule has 0 heterocycles. The van der Waals surface area contributed by atoms with Crippen LogP contribution in [0.5, 0.6) is 5.75 Å². The Morgan fingerprint density at radius 1 is 0.765 bits per heavy atom. The van der Waals surface area contributed by atoms with E-state index >= 15 is 0 Å². The van der Waals surface area contributed by atoms with Gasteiger partial charge in [0.25, 0.3) is 0 Å². The van der Waals surface area contributed by atoms with Gasteiger partial charge in [-0.15, -0.1) is 0 Å². The van der Waals surface area contributed by atoms with Gasteiger partial charge in [0.15, 0.2) is 0 Å². The highest BCUT2D eigenvalue weighted by atomic mass is 19.4. The molecule has 0 bridgehead atoms. The van der Waals surface area contributed by atoms with Gasteiger partial charge in [0.1, 0.15) is 5.75 Å². The molecule has 1 aromatic rings. The average Bonchev–Trinajstić information content (AvgIpc) is 2.64. The topological polar surface area (TPSA) is 29.5 Å².